The second-order valence-electron chi connectivity index (χ2n) is 5.10. The number of thiol groups is 1. The van der Waals surface area contributed by atoms with Crippen molar-refractivity contribution in [2.75, 3.05) is 5.75 Å². The summed E-state index contributed by atoms with van der Waals surface area (Å²) < 4.78 is 0. The lowest BCUT2D eigenvalue weighted by molar-refractivity contribution is 0.204. The van der Waals surface area contributed by atoms with E-state index in [0.717, 1.165) is 35.3 Å². The van der Waals surface area contributed by atoms with Gasteiger partial charge < -0.3 is 0 Å². The lowest BCUT2D eigenvalue weighted by atomic mass is 9.76. The van der Waals surface area contributed by atoms with Crippen molar-refractivity contribution in [3.8, 4) is 0 Å². The van der Waals surface area contributed by atoms with Crippen molar-refractivity contribution in [3.05, 3.63) is 0 Å². The van der Waals surface area contributed by atoms with Gasteiger partial charge in [0.25, 0.3) is 0 Å². The summed E-state index contributed by atoms with van der Waals surface area (Å²) in [6.45, 7) is 0. The summed E-state index contributed by atoms with van der Waals surface area (Å²) in [4.78, 5) is 0. The Morgan fingerprint density at radius 3 is 2.67 bits per heavy atom. The fraction of sp³-hybridized carbons (Fsp3) is 1.00. The third-order valence-corrected chi connectivity index (χ3v) is 5.27. The van der Waals surface area contributed by atoms with Gasteiger partial charge in [0, 0.05) is 0 Å². The molecule has 68 valence electrons. The minimum Gasteiger partial charge on any atom is -0.179 e. The smallest absolute Gasteiger partial charge is 0.00666 e. The minimum atomic E-state index is 0.998. The van der Waals surface area contributed by atoms with Crippen LogP contribution in [0.1, 0.15) is 32.1 Å². The van der Waals surface area contributed by atoms with Gasteiger partial charge in [-0.15, -0.1) is 0 Å². The molecular formula is C11H18S. The Hall–Kier alpha value is 0.350. The Balaban J connectivity index is 1.83. The Morgan fingerprint density at radius 2 is 1.83 bits per heavy atom. The maximum absolute atomic E-state index is 4.48. The molecule has 0 saturated heterocycles. The van der Waals surface area contributed by atoms with Crippen molar-refractivity contribution in [2.45, 2.75) is 32.1 Å². The zero-order valence-corrected chi connectivity index (χ0v) is 8.47. The molecule has 0 N–H and O–H groups in total. The molecule has 12 heavy (non-hydrogen) atoms. The third-order valence-electron chi connectivity index (χ3n) is 4.80. The van der Waals surface area contributed by atoms with Crippen molar-refractivity contribution >= 4 is 12.6 Å². The van der Waals surface area contributed by atoms with Crippen LogP contribution in [0.25, 0.3) is 0 Å². The van der Waals surface area contributed by atoms with E-state index in [1.807, 2.05) is 0 Å². The summed E-state index contributed by atoms with van der Waals surface area (Å²) in [5.41, 5.74) is 0. The normalized spacial score (nSPS) is 56.2. The lowest BCUT2D eigenvalue weighted by Crippen LogP contribution is -2.25. The highest BCUT2D eigenvalue weighted by Gasteiger charge is 2.52. The standard InChI is InChI=1S/C11H18S/c12-6-8-4-7-5-11(8)10-3-1-2-9(7)10/h7-12H,1-6H2. The fourth-order valence-electron chi connectivity index (χ4n) is 4.42. The molecule has 3 rings (SSSR count). The first-order valence-corrected chi connectivity index (χ1v) is 6.14. The quantitative estimate of drug-likeness (QED) is 0.592. The molecule has 5 unspecified atom stereocenters. The summed E-state index contributed by atoms with van der Waals surface area (Å²) in [7, 11) is 0. The molecule has 2 bridgehead atoms. The predicted octanol–water partition coefficient (Wildman–Crippen LogP) is 2.99. The van der Waals surface area contributed by atoms with Crippen LogP contribution in [0.3, 0.4) is 0 Å². The molecule has 1 heteroatoms. The van der Waals surface area contributed by atoms with Crippen molar-refractivity contribution < 1.29 is 0 Å². The van der Waals surface area contributed by atoms with Gasteiger partial charge in [-0.05, 0) is 61.0 Å². The third kappa shape index (κ3) is 0.865. The van der Waals surface area contributed by atoms with E-state index in [1.165, 1.54) is 12.8 Å². The SMILES string of the molecule is SCC1CC2CC1C1CCCC21. The van der Waals surface area contributed by atoms with Gasteiger partial charge in [0.1, 0.15) is 0 Å². The number of hydrogen-bond acceptors (Lipinski definition) is 1. The maximum Gasteiger partial charge on any atom is -0.00666 e. The highest BCUT2D eigenvalue weighted by molar-refractivity contribution is 7.80. The van der Waals surface area contributed by atoms with Crippen LogP contribution in [-0.2, 0) is 0 Å². The minimum absolute atomic E-state index is 0.998. The first-order chi connectivity index (χ1) is 5.90. The topological polar surface area (TPSA) is 0 Å². The molecule has 0 spiro atoms. The van der Waals surface area contributed by atoms with E-state index in [4.69, 9.17) is 0 Å². The first-order valence-electron chi connectivity index (χ1n) is 5.51. The van der Waals surface area contributed by atoms with Crippen LogP contribution >= 0.6 is 12.6 Å². The molecular weight excluding hydrogens is 164 g/mol. The van der Waals surface area contributed by atoms with Crippen molar-refractivity contribution in [2.24, 2.45) is 29.6 Å². The molecule has 3 aliphatic carbocycles. The second kappa shape index (κ2) is 2.67. The first kappa shape index (κ1) is 7.73. The van der Waals surface area contributed by atoms with Gasteiger partial charge in [0.2, 0.25) is 0 Å². The number of hydrogen-bond donors (Lipinski definition) is 1. The molecule has 0 nitrogen and oxygen atoms in total. The van der Waals surface area contributed by atoms with E-state index in [9.17, 15) is 0 Å². The van der Waals surface area contributed by atoms with E-state index >= 15 is 0 Å². The van der Waals surface area contributed by atoms with Crippen LogP contribution in [0, 0.1) is 29.6 Å². The van der Waals surface area contributed by atoms with Crippen LogP contribution in [0.2, 0.25) is 0 Å². The van der Waals surface area contributed by atoms with Gasteiger partial charge in [-0.1, -0.05) is 6.42 Å². The van der Waals surface area contributed by atoms with E-state index in [0.29, 0.717) is 0 Å². The second-order valence-corrected chi connectivity index (χ2v) is 5.46. The zero-order valence-electron chi connectivity index (χ0n) is 7.58. The van der Waals surface area contributed by atoms with E-state index < -0.39 is 0 Å². The molecule has 0 heterocycles. The van der Waals surface area contributed by atoms with Gasteiger partial charge >= 0.3 is 0 Å². The largest absolute Gasteiger partial charge is 0.179 e. The van der Waals surface area contributed by atoms with Gasteiger partial charge in [-0.3, -0.25) is 0 Å². The molecule has 0 aliphatic heterocycles. The van der Waals surface area contributed by atoms with Crippen LogP contribution in [0.4, 0.5) is 0 Å². The zero-order chi connectivity index (χ0) is 8.13. The van der Waals surface area contributed by atoms with Crippen molar-refractivity contribution in [1.29, 1.82) is 0 Å². The van der Waals surface area contributed by atoms with Gasteiger partial charge in [0.15, 0.2) is 0 Å². The summed E-state index contributed by atoms with van der Waals surface area (Å²) in [6.07, 6.45) is 7.73. The lowest BCUT2D eigenvalue weighted by Gasteiger charge is -2.30. The Morgan fingerprint density at radius 1 is 1.00 bits per heavy atom. The molecule has 0 aromatic heterocycles. The van der Waals surface area contributed by atoms with Gasteiger partial charge in [-0.25, -0.2) is 0 Å². The van der Waals surface area contributed by atoms with Crippen molar-refractivity contribution in [1.82, 2.24) is 0 Å². The van der Waals surface area contributed by atoms with E-state index in [-0.39, 0.29) is 0 Å². The highest BCUT2D eigenvalue weighted by Crippen LogP contribution is 2.60. The molecule has 0 amide bonds. The van der Waals surface area contributed by atoms with Crippen LogP contribution in [0.5, 0.6) is 0 Å². The Bertz CT molecular complexity index is 187. The molecule has 5 atom stereocenters. The predicted molar refractivity (Wildman–Crippen MR) is 54.4 cm³/mol. The van der Waals surface area contributed by atoms with Crippen LogP contribution in [0.15, 0.2) is 0 Å². The average Bonchev–Trinajstić information content (AvgIpc) is 2.75. The molecule has 0 aromatic carbocycles. The summed E-state index contributed by atoms with van der Waals surface area (Å²) in [5, 5.41) is 0. The Labute approximate surface area is 80.5 Å². The van der Waals surface area contributed by atoms with E-state index in [1.54, 1.807) is 19.3 Å². The molecule has 3 saturated carbocycles. The highest BCUT2D eigenvalue weighted by atomic mass is 32.1. The van der Waals surface area contributed by atoms with Gasteiger partial charge in [-0.2, -0.15) is 12.6 Å². The van der Waals surface area contributed by atoms with Crippen LogP contribution < -0.4 is 0 Å². The van der Waals surface area contributed by atoms with Gasteiger partial charge in [0.05, 0.1) is 0 Å². The number of fused-ring (bicyclic) bond motifs is 5. The summed E-state index contributed by atoms with van der Waals surface area (Å²) in [6, 6.07) is 0. The van der Waals surface area contributed by atoms with Crippen molar-refractivity contribution in [3.63, 3.8) is 0 Å². The maximum atomic E-state index is 4.48. The number of rotatable bonds is 1. The molecule has 0 aromatic rings. The summed E-state index contributed by atoms with van der Waals surface area (Å²) >= 11 is 4.48. The molecule has 3 aliphatic rings. The average molecular weight is 182 g/mol. The van der Waals surface area contributed by atoms with Crippen LogP contribution in [-0.4, -0.2) is 5.75 Å². The summed E-state index contributed by atoms with van der Waals surface area (Å²) in [5.74, 6) is 6.68. The monoisotopic (exact) mass is 182 g/mol. The molecule has 3 fully saturated rings. The molecule has 0 radical (unpaired) electrons. The fourth-order valence-corrected chi connectivity index (χ4v) is 4.84. The Kier molecular flexibility index (Phi) is 1.72. The van der Waals surface area contributed by atoms with E-state index in [2.05, 4.69) is 12.6 Å².